The second-order valence-corrected chi connectivity index (χ2v) is 3.24. The largest absolute Gasteiger partial charge is 0.482 e. The number of nitrogens with one attached hydrogen (secondary N) is 1. The van der Waals surface area contributed by atoms with E-state index in [0.29, 0.717) is 0 Å². The van der Waals surface area contributed by atoms with Gasteiger partial charge in [-0.15, -0.1) is 0 Å². The van der Waals surface area contributed by atoms with E-state index in [1.54, 1.807) is 0 Å². The molecule has 0 aromatic heterocycles. The number of hydrogen-bond donors (Lipinski definition) is 1. The lowest BCUT2D eigenvalue weighted by Crippen LogP contribution is -2.24. The molecule has 0 saturated heterocycles. The van der Waals surface area contributed by atoms with E-state index in [1.807, 2.05) is 0 Å². The first kappa shape index (κ1) is 12.3. The Labute approximate surface area is 96.3 Å². The maximum atomic E-state index is 10.9. The lowest BCUT2D eigenvalue weighted by Gasteiger charge is -2.06. The predicted octanol–water partition coefficient (Wildman–Crippen LogP) is 1.37. The van der Waals surface area contributed by atoms with Crippen molar-refractivity contribution in [2.45, 2.75) is 0 Å². The van der Waals surface area contributed by atoms with Crippen molar-refractivity contribution >= 4 is 23.2 Å². The standard InChI is InChI=1S/C9H9ClN2O4/c1-11-9(13)5-16-8-3-2-6(12(14)15)4-7(8)10/h2-4H,5H2,1H3,(H,11,13). The van der Waals surface area contributed by atoms with Crippen molar-refractivity contribution in [2.75, 3.05) is 13.7 Å². The van der Waals surface area contributed by atoms with E-state index < -0.39 is 4.92 Å². The number of likely N-dealkylation sites (N-methyl/N-ethyl adjacent to an activating group) is 1. The minimum Gasteiger partial charge on any atom is -0.482 e. The van der Waals surface area contributed by atoms with Gasteiger partial charge in [0.15, 0.2) is 6.61 Å². The maximum absolute atomic E-state index is 10.9. The summed E-state index contributed by atoms with van der Waals surface area (Å²) in [5.74, 6) is -0.0784. The second kappa shape index (κ2) is 5.32. The van der Waals surface area contributed by atoms with E-state index in [1.165, 1.54) is 25.2 Å². The van der Waals surface area contributed by atoms with E-state index in [2.05, 4.69) is 5.32 Å². The molecule has 0 unspecified atom stereocenters. The van der Waals surface area contributed by atoms with E-state index >= 15 is 0 Å². The minimum atomic E-state index is -0.561. The molecule has 6 nitrogen and oxygen atoms in total. The molecule has 0 aliphatic carbocycles. The molecule has 0 saturated carbocycles. The van der Waals surface area contributed by atoms with Crippen molar-refractivity contribution in [3.8, 4) is 5.75 Å². The zero-order valence-corrected chi connectivity index (χ0v) is 9.15. The van der Waals surface area contributed by atoms with Gasteiger partial charge in [-0.1, -0.05) is 11.6 Å². The van der Waals surface area contributed by atoms with Crippen LogP contribution in [0.25, 0.3) is 0 Å². The van der Waals surface area contributed by atoms with Gasteiger partial charge < -0.3 is 10.1 Å². The number of nitro benzene ring substituents is 1. The molecular formula is C9H9ClN2O4. The number of rotatable bonds is 4. The lowest BCUT2D eigenvalue weighted by atomic mass is 10.3. The number of carbonyl (C=O) groups excluding carboxylic acids is 1. The van der Waals surface area contributed by atoms with Crippen LogP contribution in [-0.4, -0.2) is 24.5 Å². The summed E-state index contributed by atoms with van der Waals surface area (Å²) in [6.07, 6.45) is 0. The quantitative estimate of drug-likeness (QED) is 0.641. The van der Waals surface area contributed by atoms with E-state index in [9.17, 15) is 14.9 Å². The van der Waals surface area contributed by atoms with Crippen molar-refractivity contribution in [2.24, 2.45) is 0 Å². The third-order valence-electron chi connectivity index (χ3n) is 1.76. The van der Waals surface area contributed by atoms with E-state index in [-0.39, 0.29) is 29.0 Å². The Balaban J connectivity index is 2.75. The van der Waals surface area contributed by atoms with Gasteiger partial charge in [-0.05, 0) is 6.07 Å². The summed E-state index contributed by atoms with van der Waals surface area (Å²) in [5.41, 5.74) is -0.128. The Morgan fingerprint density at radius 3 is 2.81 bits per heavy atom. The molecule has 16 heavy (non-hydrogen) atoms. The second-order valence-electron chi connectivity index (χ2n) is 2.83. The van der Waals surface area contributed by atoms with Gasteiger partial charge in [0.25, 0.3) is 11.6 Å². The molecule has 0 fully saturated rings. The topological polar surface area (TPSA) is 81.5 Å². The highest BCUT2D eigenvalue weighted by Crippen LogP contribution is 2.28. The molecule has 0 heterocycles. The molecule has 0 aliphatic heterocycles. The normalized spacial score (nSPS) is 9.62. The fourth-order valence-electron chi connectivity index (χ4n) is 0.936. The van der Waals surface area contributed by atoms with Gasteiger partial charge in [-0.25, -0.2) is 0 Å². The summed E-state index contributed by atoms with van der Waals surface area (Å²) in [5, 5.41) is 12.9. The molecule has 86 valence electrons. The third-order valence-corrected chi connectivity index (χ3v) is 2.06. The first-order valence-corrected chi connectivity index (χ1v) is 4.69. The van der Waals surface area contributed by atoms with Gasteiger partial charge in [-0.3, -0.25) is 14.9 Å². The van der Waals surface area contributed by atoms with Crippen molar-refractivity contribution in [3.05, 3.63) is 33.3 Å². The monoisotopic (exact) mass is 244 g/mol. The molecule has 0 atom stereocenters. The van der Waals surface area contributed by atoms with Crippen LogP contribution in [0.4, 0.5) is 5.69 Å². The SMILES string of the molecule is CNC(=O)COc1ccc([N+](=O)[O-])cc1Cl. The molecule has 0 aliphatic rings. The highest BCUT2D eigenvalue weighted by atomic mass is 35.5. The van der Waals surface area contributed by atoms with E-state index in [4.69, 9.17) is 16.3 Å². The molecule has 0 bridgehead atoms. The average molecular weight is 245 g/mol. The summed E-state index contributed by atoms with van der Waals surface area (Å²) in [7, 11) is 1.48. The highest BCUT2D eigenvalue weighted by Gasteiger charge is 2.10. The molecule has 1 aromatic rings. The fraction of sp³-hybridized carbons (Fsp3) is 0.222. The van der Waals surface area contributed by atoms with Crippen LogP contribution in [-0.2, 0) is 4.79 Å². The van der Waals surface area contributed by atoms with Crippen LogP contribution >= 0.6 is 11.6 Å². The minimum absolute atomic E-state index is 0.0955. The van der Waals surface area contributed by atoms with Crippen molar-refractivity contribution in [1.82, 2.24) is 5.32 Å². The number of ether oxygens (including phenoxy) is 1. The zero-order valence-electron chi connectivity index (χ0n) is 8.40. The van der Waals surface area contributed by atoms with Crippen LogP contribution in [0.5, 0.6) is 5.75 Å². The summed E-state index contributed by atoms with van der Waals surface area (Å²) in [4.78, 5) is 20.7. The number of nitro groups is 1. The number of nitrogens with zero attached hydrogens (tertiary/aromatic N) is 1. The van der Waals surface area contributed by atoms with Crippen LogP contribution in [0.15, 0.2) is 18.2 Å². The maximum Gasteiger partial charge on any atom is 0.271 e. The van der Waals surface area contributed by atoms with Gasteiger partial charge in [0.2, 0.25) is 0 Å². The van der Waals surface area contributed by atoms with Crippen LogP contribution in [0, 0.1) is 10.1 Å². The first-order chi connectivity index (χ1) is 7.54. The summed E-state index contributed by atoms with van der Waals surface area (Å²) < 4.78 is 5.06. The van der Waals surface area contributed by atoms with Gasteiger partial charge in [0, 0.05) is 19.2 Å². The molecule has 1 amide bonds. The predicted molar refractivity (Wildman–Crippen MR) is 57.7 cm³/mol. The summed E-state index contributed by atoms with van der Waals surface area (Å²) in [6, 6.07) is 3.77. The van der Waals surface area contributed by atoms with Crippen molar-refractivity contribution in [1.29, 1.82) is 0 Å². The van der Waals surface area contributed by atoms with Crippen LogP contribution < -0.4 is 10.1 Å². The van der Waals surface area contributed by atoms with Crippen LogP contribution in [0.1, 0.15) is 0 Å². The molecular weight excluding hydrogens is 236 g/mol. The van der Waals surface area contributed by atoms with Gasteiger partial charge in [0.05, 0.1) is 9.95 Å². The molecule has 1 aromatic carbocycles. The summed E-state index contributed by atoms with van der Waals surface area (Å²) >= 11 is 5.74. The van der Waals surface area contributed by atoms with Crippen LogP contribution in [0.3, 0.4) is 0 Å². The number of amides is 1. The zero-order chi connectivity index (χ0) is 12.1. The van der Waals surface area contributed by atoms with E-state index in [0.717, 1.165) is 0 Å². The highest BCUT2D eigenvalue weighted by molar-refractivity contribution is 6.32. The number of hydrogen-bond acceptors (Lipinski definition) is 4. The Kier molecular flexibility index (Phi) is 4.07. The number of non-ortho nitro benzene ring substituents is 1. The van der Waals surface area contributed by atoms with Gasteiger partial charge in [-0.2, -0.15) is 0 Å². The molecule has 1 N–H and O–H groups in total. The Hall–Kier alpha value is -1.82. The summed E-state index contributed by atoms with van der Waals surface area (Å²) in [6.45, 7) is -0.186. The lowest BCUT2D eigenvalue weighted by molar-refractivity contribution is -0.384. The molecule has 0 spiro atoms. The third kappa shape index (κ3) is 3.09. The van der Waals surface area contributed by atoms with Crippen molar-refractivity contribution < 1.29 is 14.5 Å². The van der Waals surface area contributed by atoms with Crippen LogP contribution in [0.2, 0.25) is 5.02 Å². The molecule has 0 radical (unpaired) electrons. The Morgan fingerprint density at radius 1 is 1.62 bits per heavy atom. The Bertz CT molecular complexity index is 422. The number of halogens is 1. The smallest absolute Gasteiger partial charge is 0.271 e. The van der Waals surface area contributed by atoms with Gasteiger partial charge in [0.1, 0.15) is 5.75 Å². The van der Waals surface area contributed by atoms with Crippen molar-refractivity contribution in [3.63, 3.8) is 0 Å². The molecule has 7 heteroatoms. The first-order valence-electron chi connectivity index (χ1n) is 4.32. The number of carbonyl (C=O) groups is 1. The molecule has 1 rings (SSSR count). The fourth-order valence-corrected chi connectivity index (χ4v) is 1.17. The average Bonchev–Trinajstić information content (AvgIpc) is 2.26. The Morgan fingerprint density at radius 2 is 2.31 bits per heavy atom. The number of benzene rings is 1. The van der Waals surface area contributed by atoms with Gasteiger partial charge >= 0.3 is 0 Å².